The maximum atomic E-state index is 12.5. The van der Waals surface area contributed by atoms with Gasteiger partial charge in [0.1, 0.15) is 0 Å². The molecule has 1 saturated carbocycles. The molecule has 1 aliphatic rings. The molecule has 0 radical (unpaired) electrons. The van der Waals surface area contributed by atoms with E-state index >= 15 is 0 Å². The third kappa shape index (κ3) is 4.48. The monoisotopic (exact) mass is 428 g/mol. The zero-order valence-corrected chi connectivity index (χ0v) is 15.9. The molecule has 0 atom stereocenters. The smallest absolute Gasteiger partial charge is 0.341 e. The lowest BCUT2D eigenvalue weighted by molar-refractivity contribution is 0.0950. The first-order valence-electron chi connectivity index (χ1n) is 8.22. The first-order valence-corrected chi connectivity index (χ1v) is 10.1. The molecule has 0 bridgehead atoms. The van der Waals surface area contributed by atoms with Crippen LogP contribution in [0.2, 0.25) is 5.02 Å². The molecule has 1 aliphatic carbocycles. The molecule has 2 aromatic carbocycles. The molecule has 148 valence electrons. The summed E-state index contributed by atoms with van der Waals surface area (Å²) in [5, 5.41) is 5.52. The van der Waals surface area contributed by atoms with Gasteiger partial charge in [0.05, 0.1) is 15.5 Å². The van der Waals surface area contributed by atoms with Gasteiger partial charge in [0, 0.05) is 17.3 Å². The van der Waals surface area contributed by atoms with Crippen LogP contribution in [-0.2, 0) is 9.84 Å². The van der Waals surface area contributed by atoms with Gasteiger partial charge in [0.15, 0.2) is 0 Å². The zero-order chi connectivity index (χ0) is 20.5. The number of hydrogen-bond donors (Lipinski definition) is 2. The maximum absolute atomic E-state index is 12.5. The minimum atomic E-state index is -4.72. The summed E-state index contributed by atoms with van der Waals surface area (Å²) >= 11 is 6.11. The highest BCUT2D eigenvalue weighted by atomic mass is 35.5. The number of rotatable bonds is 6. The van der Waals surface area contributed by atoms with Crippen molar-refractivity contribution in [3.8, 4) is 0 Å². The second-order valence-electron chi connectivity index (χ2n) is 6.23. The lowest BCUT2D eigenvalue weighted by Crippen LogP contribution is -2.25. The van der Waals surface area contributed by atoms with Crippen molar-refractivity contribution < 1.29 is 26.8 Å². The van der Waals surface area contributed by atoms with E-state index in [0.29, 0.717) is 5.69 Å². The number of anilines is 1. The molecule has 10 heteroatoms. The number of alkyl halides is 2. The molecule has 0 saturated heterocycles. The van der Waals surface area contributed by atoms with Crippen LogP contribution in [0.3, 0.4) is 0 Å². The van der Waals surface area contributed by atoms with Crippen molar-refractivity contribution >= 4 is 38.9 Å². The molecule has 2 amide bonds. The molecule has 0 aliphatic heterocycles. The summed E-state index contributed by atoms with van der Waals surface area (Å²) in [6.07, 6.45) is 1.88. The number of carbonyl (C=O) groups is 2. The van der Waals surface area contributed by atoms with E-state index in [-0.39, 0.29) is 28.1 Å². The highest BCUT2D eigenvalue weighted by Gasteiger charge is 2.27. The van der Waals surface area contributed by atoms with Crippen molar-refractivity contribution in [2.24, 2.45) is 0 Å². The molecule has 0 unspecified atom stereocenters. The Morgan fingerprint density at radius 1 is 1.04 bits per heavy atom. The largest absolute Gasteiger partial charge is 0.349 e. The predicted octanol–water partition coefficient (Wildman–Crippen LogP) is 3.48. The number of hydrogen-bond acceptors (Lipinski definition) is 4. The first-order chi connectivity index (χ1) is 13.2. The Kier molecular flexibility index (Phi) is 5.66. The van der Waals surface area contributed by atoms with Crippen molar-refractivity contribution in [3.05, 3.63) is 58.6 Å². The number of sulfone groups is 1. The molecule has 2 N–H and O–H groups in total. The molecule has 2 aromatic rings. The SMILES string of the molecule is O=C(Nc1ccc(C(=O)NC2CC2)c(Cl)c1)c1ccc(S(=O)(=O)C(F)F)cc1. The Bertz CT molecular complexity index is 1020. The third-order valence-electron chi connectivity index (χ3n) is 4.06. The van der Waals surface area contributed by atoms with Crippen LogP contribution in [0.15, 0.2) is 47.4 Å². The number of halogens is 3. The van der Waals surface area contributed by atoms with Crippen molar-refractivity contribution in [3.63, 3.8) is 0 Å². The molecular formula is C18H15ClF2N2O4S. The molecule has 28 heavy (non-hydrogen) atoms. The van der Waals surface area contributed by atoms with Gasteiger partial charge in [0.2, 0.25) is 9.84 Å². The van der Waals surface area contributed by atoms with Gasteiger partial charge in [-0.25, -0.2) is 8.42 Å². The van der Waals surface area contributed by atoms with Crippen LogP contribution in [0.1, 0.15) is 33.6 Å². The van der Waals surface area contributed by atoms with Crippen LogP contribution in [-0.4, -0.2) is 32.0 Å². The zero-order valence-electron chi connectivity index (χ0n) is 14.3. The number of nitrogens with one attached hydrogen (secondary N) is 2. The fraction of sp³-hybridized carbons (Fsp3) is 0.222. The van der Waals surface area contributed by atoms with Crippen LogP contribution in [0, 0.1) is 0 Å². The molecule has 0 aromatic heterocycles. The van der Waals surface area contributed by atoms with E-state index in [1.54, 1.807) is 0 Å². The van der Waals surface area contributed by atoms with E-state index in [1.807, 2.05) is 0 Å². The molecule has 6 nitrogen and oxygen atoms in total. The van der Waals surface area contributed by atoms with Gasteiger partial charge in [-0.3, -0.25) is 9.59 Å². The third-order valence-corrected chi connectivity index (χ3v) is 5.77. The summed E-state index contributed by atoms with van der Waals surface area (Å²) in [6, 6.07) is 8.71. The summed E-state index contributed by atoms with van der Waals surface area (Å²) in [4.78, 5) is 23.7. The normalized spacial score (nSPS) is 14.0. The van der Waals surface area contributed by atoms with E-state index in [9.17, 15) is 26.8 Å². The Labute approximate surface area is 164 Å². The van der Waals surface area contributed by atoms with Crippen LogP contribution in [0.5, 0.6) is 0 Å². The highest BCUT2D eigenvalue weighted by molar-refractivity contribution is 7.91. The second-order valence-corrected chi connectivity index (χ2v) is 8.55. The van der Waals surface area contributed by atoms with E-state index in [2.05, 4.69) is 10.6 Å². The van der Waals surface area contributed by atoms with Gasteiger partial charge >= 0.3 is 5.76 Å². The van der Waals surface area contributed by atoms with Crippen LogP contribution >= 0.6 is 11.6 Å². The molecule has 3 rings (SSSR count). The summed E-state index contributed by atoms with van der Waals surface area (Å²) in [6.45, 7) is 0. The number of benzene rings is 2. The number of amides is 2. The molecule has 0 spiro atoms. The van der Waals surface area contributed by atoms with E-state index in [0.717, 1.165) is 37.1 Å². The van der Waals surface area contributed by atoms with Crippen molar-refractivity contribution in [1.82, 2.24) is 5.32 Å². The molecule has 0 heterocycles. The summed E-state index contributed by atoms with van der Waals surface area (Å²) in [7, 11) is -4.72. The summed E-state index contributed by atoms with van der Waals surface area (Å²) < 4.78 is 47.9. The van der Waals surface area contributed by atoms with Gasteiger partial charge < -0.3 is 10.6 Å². The van der Waals surface area contributed by atoms with E-state index in [1.165, 1.54) is 18.2 Å². The fourth-order valence-electron chi connectivity index (χ4n) is 2.37. The van der Waals surface area contributed by atoms with Gasteiger partial charge in [-0.2, -0.15) is 8.78 Å². The number of carbonyl (C=O) groups excluding carboxylic acids is 2. The molecule has 1 fully saturated rings. The van der Waals surface area contributed by atoms with Crippen LogP contribution in [0.25, 0.3) is 0 Å². The van der Waals surface area contributed by atoms with Gasteiger partial charge in [-0.05, 0) is 55.3 Å². The fourth-order valence-corrected chi connectivity index (χ4v) is 3.36. The summed E-state index contributed by atoms with van der Waals surface area (Å²) in [5.74, 6) is -4.42. The van der Waals surface area contributed by atoms with Crippen molar-refractivity contribution in [2.45, 2.75) is 29.5 Å². The van der Waals surface area contributed by atoms with Gasteiger partial charge in [-0.1, -0.05) is 11.6 Å². The second kappa shape index (κ2) is 7.84. The molecular weight excluding hydrogens is 414 g/mol. The van der Waals surface area contributed by atoms with Crippen LogP contribution < -0.4 is 10.6 Å². The van der Waals surface area contributed by atoms with Crippen molar-refractivity contribution in [2.75, 3.05) is 5.32 Å². The van der Waals surface area contributed by atoms with Crippen molar-refractivity contribution in [1.29, 1.82) is 0 Å². The minimum absolute atomic E-state index is 0.0693. The van der Waals surface area contributed by atoms with Gasteiger partial charge in [0.25, 0.3) is 11.8 Å². The standard InChI is InChI=1S/C18H15ClF2N2O4S/c19-15-9-12(5-8-14(15)17(25)22-11-3-4-11)23-16(24)10-1-6-13(7-2-10)28(26,27)18(20)21/h1-2,5-9,11,18H,3-4H2,(H,22,25)(H,23,24). The van der Waals surface area contributed by atoms with E-state index < -0.39 is 26.4 Å². The quantitative estimate of drug-likeness (QED) is 0.736. The Hall–Kier alpha value is -2.52. The Morgan fingerprint density at radius 3 is 2.21 bits per heavy atom. The minimum Gasteiger partial charge on any atom is -0.349 e. The maximum Gasteiger partial charge on any atom is 0.341 e. The lowest BCUT2D eigenvalue weighted by atomic mass is 10.1. The highest BCUT2D eigenvalue weighted by Crippen LogP contribution is 2.24. The van der Waals surface area contributed by atoms with E-state index in [4.69, 9.17) is 11.6 Å². The predicted molar refractivity (Wildman–Crippen MR) is 99.5 cm³/mol. The average molecular weight is 429 g/mol. The lowest BCUT2D eigenvalue weighted by Gasteiger charge is -2.10. The average Bonchev–Trinajstić information content (AvgIpc) is 3.45. The van der Waals surface area contributed by atoms with Gasteiger partial charge in [-0.15, -0.1) is 0 Å². The summed E-state index contributed by atoms with van der Waals surface area (Å²) in [5.41, 5.74) is 0.676. The Morgan fingerprint density at radius 2 is 1.68 bits per heavy atom. The topological polar surface area (TPSA) is 92.3 Å². The first kappa shape index (κ1) is 20.2. The van der Waals surface area contributed by atoms with Crippen LogP contribution in [0.4, 0.5) is 14.5 Å². The Balaban J connectivity index is 1.70.